The lowest BCUT2D eigenvalue weighted by Gasteiger charge is -2.28. The predicted molar refractivity (Wildman–Crippen MR) is 204 cm³/mol. The number of ether oxygens (including phenoxy) is 4. The molecule has 0 aliphatic carbocycles. The van der Waals surface area contributed by atoms with E-state index in [1.807, 2.05) is 6.07 Å². The Kier molecular flexibility index (Phi) is 17.1. The van der Waals surface area contributed by atoms with Crippen molar-refractivity contribution in [2.24, 2.45) is 11.8 Å². The Balaban J connectivity index is 1.46. The molecule has 304 valence electrons. The van der Waals surface area contributed by atoms with Crippen LogP contribution >= 0.6 is 0 Å². The third kappa shape index (κ3) is 13.9. The summed E-state index contributed by atoms with van der Waals surface area (Å²) in [5.41, 5.74) is 1.89. The second-order valence-corrected chi connectivity index (χ2v) is 14.3. The molecule has 3 amide bonds. The summed E-state index contributed by atoms with van der Waals surface area (Å²) in [6.07, 6.45) is 1.91. The molecular formula is C41H53F2N5O8. The van der Waals surface area contributed by atoms with Gasteiger partial charge in [-0.2, -0.15) is 8.78 Å². The van der Waals surface area contributed by atoms with Crippen LogP contribution in [0.5, 0.6) is 5.75 Å². The van der Waals surface area contributed by atoms with Gasteiger partial charge >= 0.3 is 12.0 Å². The fourth-order valence-electron chi connectivity index (χ4n) is 5.75. The molecule has 3 N–H and O–H groups in total. The number of carbonyl (C=O) groups excluding carboxylic acids is 4. The summed E-state index contributed by atoms with van der Waals surface area (Å²) in [5.74, 6) is -9.43. The predicted octanol–water partition coefficient (Wildman–Crippen LogP) is 4.33. The molecule has 1 aliphatic rings. The van der Waals surface area contributed by atoms with E-state index < -0.39 is 53.7 Å². The number of hydrogen-bond acceptors (Lipinski definition) is 10. The average Bonchev–Trinajstić information content (AvgIpc) is 3.19. The second kappa shape index (κ2) is 21.9. The van der Waals surface area contributed by atoms with E-state index in [0.717, 1.165) is 18.7 Å². The maximum Gasteiger partial charge on any atom is 0.408 e. The molecular weight excluding hydrogens is 728 g/mol. The van der Waals surface area contributed by atoms with Gasteiger partial charge in [-0.3, -0.25) is 24.3 Å². The maximum absolute atomic E-state index is 15.9. The number of ketones is 1. The third-order valence-corrected chi connectivity index (χ3v) is 9.22. The number of halogens is 2. The average molecular weight is 782 g/mol. The van der Waals surface area contributed by atoms with Crippen molar-refractivity contribution in [2.75, 3.05) is 46.1 Å². The first-order valence-corrected chi connectivity index (χ1v) is 18.8. The molecule has 0 saturated carbocycles. The zero-order valence-corrected chi connectivity index (χ0v) is 32.4. The van der Waals surface area contributed by atoms with Crippen molar-refractivity contribution in [1.82, 2.24) is 25.8 Å². The van der Waals surface area contributed by atoms with Gasteiger partial charge in [-0.15, -0.1) is 0 Å². The summed E-state index contributed by atoms with van der Waals surface area (Å²) in [5, 5.41) is 7.16. The molecule has 2 heterocycles. The first-order valence-electron chi connectivity index (χ1n) is 18.8. The molecule has 0 unspecified atom stereocenters. The number of nitrogens with zero attached hydrogens (tertiary/aromatic N) is 2. The Morgan fingerprint density at radius 2 is 1.54 bits per heavy atom. The Morgan fingerprint density at radius 3 is 2.18 bits per heavy atom. The van der Waals surface area contributed by atoms with Crippen LogP contribution in [0, 0.1) is 11.8 Å². The van der Waals surface area contributed by atoms with Crippen molar-refractivity contribution in [3.8, 4) is 5.75 Å². The molecule has 1 aliphatic heterocycles. The van der Waals surface area contributed by atoms with Crippen LogP contribution < -0.4 is 20.7 Å². The fraction of sp³-hybridized carbons (Fsp3) is 0.488. The summed E-state index contributed by atoms with van der Waals surface area (Å²) in [7, 11) is 0. The summed E-state index contributed by atoms with van der Waals surface area (Å²) >= 11 is 0. The van der Waals surface area contributed by atoms with Crippen molar-refractivity contribution >= 4 is 23.7 Å². The molecule has 0 spiro atoms. The molecule has 2 aromatic carbocycles. The minimum absolute atomic E-state index is 0.0691. The molecule has 3 atom stereocenters. The van der Waals surface area contributed by atoms with Gasteiger partial charge in [0.15, 0.2) is 0 Å². The molecule has 0 radical (unpaired) electrons. The molecule has 3 aromatic rings. The first kappa shape index (κ1) is 43.7. The van der Waals surface area contributed by atoms with Crippen LogP contribution in [0.15, 0.2) is 79.1 Å². The lowest BCUT2D eigenvalue weighted by Crippen LogP contribution is -2.60. The van der Waals surface area contributed by atoms with Crippen molar-refractivity contribution in [3.63, 3.8) is 0 Å². The lowest BCUT2D eigenvalue weighted by molar-refractivity contribution is -0.161. The fourth-order valence-corrected chi connectivity index (χ4v) is 5.75. The minimum Gasteiger partial charge on any atom is -0.492 e. The van der Waals surface area contributed by atoms with Crippen LogP contribution in [-0.4, -0.2) is 104 Å². The molecule has 1 fully saturated rings. The van der Waals surface area contributed by atoms with Crippen molar-refractivity contribution in [3.05, 3.63) is 95.8 Å². The van der Waals surface area contributed by atoms with Gasteiger partial charge < -0.3 is 34.9 Å². The van der Waals surface area contributed by atoms with Crippen molar-refractivity contribution in [1.29, 1.82) is 0 Å². The van der Waals surface area contributed by atoms with Crippen LogP contribution in [-0.2, 0) is 48.2 Å². The number of benzene rings is 2. The molecule has 56 heavy (non-hydrogen) atoms. The van der Waals surface area contributed by atoms with Gasteiger partial charge in [0.2, 0.25) is 11.7 Å². The summed E-state index contributed by atoms with van der Waals surface area (Å²) < 4.78 is 54.0. The van der Waals surface area contributed by atoms with E-state index >= 15 is 8.78 Å². The van der Waals surface area contributed by atoms with E-state index in [1.54, 1.807) is 101 Å². The van der Waals surface area contributed by atoms with Crippen LogP contribution in [0.4, 0.5) is 13.6 Å². The second-order valence-electron chi connectivity index (χ2n) is 14.3. The highest BCUT2D eigenvalue weighted by molar-refractivity contribution is 6.10. The largest absolute Gasteiger partial charge is 0.492 e. The Labute approximate surface area is 326 Å². The van der Waals surface area contributed by atoms with E-state index in [2.05, 4.69) is 25.8 Å². The van der Waals surface area contributed by atoms with Gasteiger partial charge in [-0.1, -0.05) is 76.2 Å². The number of carbonyl (C=O) groups is 4. The van der Waals surface area contributed by atoms with Gasteiger partial charge in [0, 0.05) is 38.4 Å². The van der Waals surface area contributed by atoms with E-state index in [0.29, 0.717) is 43.2 Å². The molecule has 13 nitrogen and oxygen atoms in total. The molecule has 1 saturated heterocycles. The minimum atomic E-state index is -4.55. The van der Waals surface area contributed by atoms with Crippen molar-refractivity contribution in [2.45, 2.75) is 71.4 Å². The van der Waals surface area contributed by atoms with Gasteiger partial charge in [-0.25, -0.2) is 4.79 Å². The van der Waals surface area contributed by atoms with Crippen LogP contribution in [0.25, 0.3) is 0 Å². The van der Waals surface area contributed by atoms with E-state index in [1.165, 1.54) is 0 Å². The van der Waals surface area contributed by atoms with Gasteiger partial charge in [0.1, 0.15) is 25.0 Å². The number of alkyl halides is 2. The summed E-state index contributed by atoms with van der Waals surface area (Å²) in [4.78, 5) is 59.5. The number of morpholine rings is 1. The number of rotatable bonds is 21. The third-order valence-electron chi connectivity index (χ3n) is 9.22. The first-order chi connectivity index (χ1) is 26.8. The standard InChI is InChI=1S/C41H53F2N5O8/c1-28(2)35(27-54-25-32-11-8-16-44-24-32)46-39(51)41(42,43)37(49)34(23-30-12-14-33(15-13-30)55-22-19-48-17-20-53-21-18-48)45-38(50)36(29(3)4)47-40(52)56-26-31-9-6-5-7-10-31/h5-16,24,28-29,34-36H,17-23,25-27H2,1-4H3,(H,45,50)(H,46,51)(H,47,52)/t34-,35+,36+/m0/s1. The summed E-state index contributed by atoms with van der Waals surface area (Å²) in [6, 6.07) is 14.9. The zero-order valence-electron chi connectivity index (χ0n) is 32.4. The number of aromatic nitrogens is 1. The number of Topliss-reactive ketones (excluding diaryl/α,β-unsaturated/α-hetero) is 1. The summed E-state index contributed by atoms with van der Waals surface area (Å²) in [6.45, 7) is 10.8. The number of amides is 3. The van der Waals surface area contributed by atoms with Crippen LogP contribution in [0.3, 0.4) is 0 Å². The topological polar surface area (TPSA) is 157 Å². The highest BCUT2D eigenvalue weighted by Gasteiger charge is 2.51. The van der Waals surface area contributed by atoms with Crippen LogP contribution in [0.2, 0.25) is 0 Å². The number of nitrogens with one attached hydrogen (secondary N) is 3. The monoisotopic (exact) mass is 781 g/mol. The molecule has 15 heteroatoms. The van der Waals surface area contributed by atoms with Gasteiger partial charge in [0.05, 0.1) is 38.5 Å². The smallest absolute Gasteiger partial charge is 0.408 e. The van der Waals surface area contributed by atoms with E-state index in [4.69, 9.17) is 18.9 Å². The van der Waals surface area contributed by atoms with Gasteiger partial charge in [-0.05, 0) is 46.7 Å². The van der Waals surface area contributed by atoms with Gasteiger partial charge in [0.25, 0.3) is 5.91 Å². The highest BCUT2D eigenvalue weighted by atomic mass is 19.3. The normalized spacial score (nSPS) is 15.1. The maximum atomic E-state index is 15.9. The zero-order chi connectivity index (χ0) is 40.5. The number of alkyl carbamates (subject to hydrolysis) is 1. The molecule has 4 rings (SSSR count). The number of pyridine rings is 1. The highest BCUT2D eigenvalue weighted by Crippen LogP contribution is 2.22. The SMILES string of the molecule is CC(C)[C@@H](COCc1cccnc1)NC(=O)C(F)(F)C(=O)[C@H](Cc1ccc(OCCN2CCOCC2)cc1)NC(=O)[C@H](NC(=O)OCc1ccccc1)C(C)C. The van der Waals surface area contributed by atoms with Crippen molar-refractivity contribution < 1.29 is 46.9 Å². The molecule has 1 aromatic heterocycles. The lowest BCUT2D eigenvalue weighted by atomic mass is 9.96. The Bertz CT molecular complexity index is 1680. The van der Waals surface area contributed by atoms with E-state index in [-0.39, 0.29) is 32.2 Å². The van der Waals surface area contributed by atoms with E-state index in [9.17, 15) is 19.2 Å². The Hall–Kier alpha value is -4.99. The molecule has 0 bridgehead atoms. The quantitative estimate of drug-likeness (QED) is 0.133. The van der Waals surface area contributed by atoms with Crippen LogP contribution in [0.1, 0.15) is 44.4 Å². The Morgan fingerprint density at radius 1 is 0.839 bits per heavy atom. The number of hydrogen-bond donors (Lipinski definition) is 3.